The third-order valence-electron chi connectivity index (χ3n) is 6.91. The minimum absolute atomic E-state index is 0.00782. The number of aromatic nitrogens is 2. The molecule has 4 rings (SSSR count). The molecule has 1 aromatic heterocycles. The summed E-state index contributed by atoms with van der Waals surface area (Å²) in [5.41, 5.74) is 0.420. The first-order chi connectivity index (χ1) is 14.9. The minimum Gasteiger partial charge on any atom is -0.382 e. The molecule has 1 saturated heterocycles. The van der Waals surface area contributed by atoms with Crippen molar-refractivity contribution >= 4 is 5.69 Å². The van der Waals surface area contributed by atoms with Crippen molar-refractivity contribution in [2.45, 2.75) is 75.9 Å². The number of nitrogens with zero attached hydrogens (tertiary/aromatic N) is 2. The van der Waals surface area contributed by atoms with E-state index in [1.165, 1.54) is 12.1 Å². The Bertz CT molecular complexity index is 942. The van der Waals surface area contributed by atoms with E-state index in [0.29, 0.717) is 29.4 Å². The molecule has 5 nitrogen and oxygen atoms in total. The second kappa shape index (κ2) is 9.42. The fourth-order valence-electron chi connectivity index (χ4n) is 5.40. The van der Waals surface area contributed by atoms with Crippen molar-refractivity contribution in [2.75, 3.05) is 11.9 Å². The van der Waals surface area contributed by atoms with Crippen molar-refractivity contribution in [3.05, 3.63) is 57.8 Å². The van der Waals surface area contributed by atoms with Crippen LogP contribution in [0.1, 0.15) is 68.9 Å². The van der Waals surface area contributed by atoms with Crippen molar-refractivity contribution in [1.82, 2.24) is 15.1 Å². The largest absolute Gasteiger partial charge is 0.382 e. The normalized spacial score (nSPS) is 27.0. The smallest absolute Gasteiger partial charge is 0.266 e. The number of alkyl halides is 2. The SMILES string of the molecule is CC1CCC(CNc2cn[nH]c(=O)c2)N1C1CCC(c2cccc(C(F)F)c2F)CC1. The van der Waals surface area contributed by atoms with Gasteiger partial charge in [-0.25, -0.2) is 18.3 Å². The molecule has 2 fully saturated rings. The maximum absolute atomic E-state index is 14.6. The third kappa shape index (κ3) is 4.79. The predicted octanol–water partition coefficient (Wildman–Crippen LogP) is 4.84. The van der Waals surface area contributed by atoms with Crippen LogP contribution in [0.3, 0.4) is 0 Å². The van der Waals surface area contributed by atoms with E-state index >= 15 is 0 Å². The number of benzene rings is 1. The van der Waals surface area contributed by atoms with Crippen LogP contribution >= 0.6 is 0 Å². The lowest BCUT2D eigenvalue weighted by Gasteiger charge is -2.40. The van der Waals surface area contributed by atoms with Crippen molar-refractivity contribution in [1.29, 1.82) is 0 Å². The lowest BCUT2D eigenvalue weighted by Crippen LogP contribution is -2.47. The maximum Gasteiger partial charge on any atom is 0.266 e. The summed E-state index contributed by atoms with van der Waals surface area (Å²) in [4.78, 5) is 14.0. The van der Waals surface area contributed by atoms with Gasteiger partial charge in [-0.1, -0.05) is 18.2 Å². The number of aromatic amines is 1. The Labute approximate surface area is 180 Å². The van der Waals surface area contributed by atoms with Gasteiger partial charge >= 0.3 is 0 Å². The molecule has 1 aliphatic carbocycles. The van der Waals surface area contributed by atoms with E-state index in [1.54, 1.807) is 18.3 Å². The quantitative estimate of drug-likeness (QED) is 0.683. The summed E-state index contributed by atoms with van der Waals surface area (Å²) in [6.45, 7) is 2.98. The molecule has 2 unspecified atom stereocenters. The van der Waals surface area contributed by atoms with Gasteiger partial charge < -0.3 is 5.32 Å². The number of hydrogen-bond acceptors (Lipinski definition) is 4. The number of nitrogens with one attached hydrogen (secondary N) is 2. The van der Waals surface area contributed by atoms with E-state index in [9.17, 15) is 18.0 Å². The summed E-state index contributed by atoms with van der Waals surface area (Å²) in [6, 6.07) is 7.10. The molecular weight excluding hydrogens is 405 g/mol. The first-order valence-electron chi connectivity index (χ1n) is 11.1. The zero-order chi connectivity index (χ0) is 22.0. The highest BCUT2D eigenvalue weighted by molar-refractivity contribution is 5.38. The highest BCUT2D eigenvalue weighted by atomic mass is 19.3. The number of H-pyrrole nitrogens is 1. The number of rotatable bonds is 6. The van der Waals surface area contributed by atoms with E-state index in [1.807, 2.05) is 0 Å². The molecule has 1 aromatic carbocycles. The number of anilines is 1. The molecule has 0 amide bonds. The molecule has 0 radical (unpaired) electrons. The van der Waals surface area contributed by atoms with Gasteiger partial charge in [-0.2, -0.15) is 5.10 Å². The van der Waals surface area contributed by atoms with Crippen LogP contribution in [0.5, 0.6) is 0 Å². The van der Waals surface area contributed by atoms with Crippen LogP contribution in [0.4, 0.5) is 18.9 Å². The van der Waals surface area contributed by atoms with Crippen LogP contribution < -0.4 is 10.9 Å². The Hall–Kier alpha value is -2.35. The fraction of sp³-hybridized carbons (Fsp3) is 0.565. The molecule has 168 valence electrons. The zero-order valence-corrected chi connectivity index (χ0v) is 17.7. The van der Waals surface area contributed by atoms with Crippen LogP contribution in [0, 0.1) is 5.82 Å². The monoisotopic (exact) mass is 434 g/mol. The Morgan fingerprint density at radius 3 is 2.68 bits per heavy atom. The fourth-order valence-corrected chi connectivity index (χ4v) is 5.40. The molecule has 8 heteroatoms. The van der Waals surface area contributed by atoms with E-state index in [2.05, 4.69) is 27.3 Å². The lowest BCUT2D eigenvalue weighted by atomic mass is 9.80. The Morgan fingerprint density at radius 2 is 1.97 bits per heavy atom. The topological polar surface area (TPSA) is 61.0 Å². The molecule has 2 aromatic rings. The van der Waals surface area contributed by atoms with Crippen LogP contribution in [0.15, 0.2) is 35.3 Å². The van der Waals surface area contributed by atoms with Gasteiger partial charge in [0, 0.05) is 30.7 Å². The van der Waals surface area contributed by atoms with Crippen LogP contribution in [-0.2, 0) is 0 Å². The van der Waals surface area contributed by atoms with E-state index < -0.39 is 17.8 Å². The summed E-state index contributed by atoms with van der Waals surface area (Å²) in [7, 11) is 0. The molecule has 31 heavy (non-hydrogen) atoms. The summed E-state index contributed by atoms with van der Waals surface area (Å²) in [6.07, 6.45) is 4.47. The zero-order valence-electron chi connectivity index (χ0n) is 17.7. The molecule has 1 saturated carbocycles. The van der Waals surface area contributed by atoms with Gasteiger partial charge in [0.05, 0.1) is 17.4 Å². The highest BCUT2D eigenvalue weighted by Gasteiger charge is 2.38. The van der Waals surface area contributed by atoms with Crippen molar-refractivity contribution in [3.8, 4) is 0 Å². The van der Waals surface area contributed by atoms with E-state index in [-0.39, 0.29) is 11.5 Å². The van der Waals surface area contributed by atoms with Crippen molar-refractivity contribution in [2.24, 2.45) is 0 Å². The molecule has 2 aliphatic rings. The second-order valence-corrected chi connectivity index (χ2v) is 8.80. The number of halogens is 3. The number of hydrogen-bond donors (Lipinski definition) is 2. The summed E-state index contributed by atoms with van der Waals surface area (Å²) < 4.78 is 40.7. The van der Waals surface area contributed by atoms with Gasteiger partial charge in [0.1, 0.15) is 5.82 Å². The molecular formula is C23H29F3N4O. The molecule has 2 atom stereocenters. The number of likely N-dealkylation sites (tertiary alicyclic amines) is 1. The summed E-state index contributed by atoms with van der Waals surface area (Å²) >= 11 is 0. The standard InChI is InChI=1S/C23H29F3N4O/c1-14-5-8-18(13-27-16-11-21(31)29-28-12-16)30(14)17-9-6-15(7-10-17)19-3-2-4-20(22(19)24)23(25)26/h2-4,11-12,14-15,17-18,23H,5-10,13H2,1H3,(H2,27,29,31). The third-order valence-corrected chi connectivity index (χ3v) is 6.91. The van der Waals surface area contributed by atoms with Gasteiger partial charge in [0.25, 0.3) is 12.0 Å². The summed E-state index contributed by atoms with van der Waals surface area (Å²) in [5.74, 6) is -0.740. The summed E-state index contributed by atoms with van der Waals surface area (Å²) in [5, 5.41) is 9.53. The average molecular weight is 435 g/mol. The van der Waals surface area contributed by atoms with Crippen molar-refractivity contribution < 1.29 is 13.2 Å². The van der Waals surface area contributed by atoms with Crippen molar-refractivity contribution in [3.63, 3.8) is 0 Å². The van der Waals surface area contributed by atoms with Gasteiger partial charge in [0.15, 0.2) is 0 Å². The molecule has 0 bridgehead atoms. The predicted molar refractivity (Wildman–Crippen MR) is 114 cm³/mol. The van der Waals surface area contributed by atoms with E-state index in [4.69, 9.17) is 0 Å². The maximum atomic E-state index is 14.6. The Morgan fingerprint density at radius 1 is 1.19 bits per heavy atom. The Kier molecular flexibility index (Phi) is 6.65. The van der Waals surface area contributed by atoms with Gasteiger partial charge in [-0.15, -0.1) is 0 Å². The van der Waals surface area contributed by atoms with Gasteiger partial charge in [0.2, 0.25) is 0 Å². The highest BCUT2D eigenvalue weighted by Crippen LogP contribution is 2.40. The first-order valence-corrected chi connectivity index (χ1v) is 11.1. The molecule has 0 spiro atoms. The Balaban J connectivity index is 1.39. The second-order valence-electron chi connectivity index (χ2n) is 8.80. The minimum atomic E-state index is -2.79. The average Bonchev–Trinajstić information content (AvgIpc) is 3.13. The molecule has 2 heterocycles. The molecule has 2 N–H and O–H groups in total. The molecule has 1 aliphatic heterocycles. The lowest BCUT2D eigenvalue weighted by molar-refractivity contribution is 0.105. The van der Waals surface area contributed by atoms with E-state index in [0.717, 1.165) is 45.1 Å². The van der Waals surface area contributed by atoms with Crippen LogP contribution in [0.25, 0.3) is 0 Å². The first kappa shape index (κ1) is 21.9. The van der Waals surface area contributed by atoms with Crippen LogP contribution in [0.2, 0.25) is 0 Å². The van der Waals surface area contributed by atoms with Gasteiger partial charge in [-0.05, 0) is 56.9 Å². The van der Waals surface area contributed by atoms with Crippen LogP contribution in [-0.4, -0.2) is 39.8 Å². The van der Waals surface area contributed by atoms with Gasteiger partial charge in [-0.3, -0.25) is 9.69 Å².